The van der Waals surface area contributed by atoms with Gasteiger partial charge >= 0.3 is 0 Å². The molecule has 1 aliphatic rings. The minimum Gasteiger partial charge on any atom is -0.389 e. The summed E-state index contributed by atoms with van der Waals surface area (Å²) in [4.78, 5) is 18.4. The largest absolute Gasteiger partial charge is 0.389 e. The molecular weight excluding hydrogens is 284 g/mol. The number of nitrogens with two attached hydrogens (primary N) is 1. The van der Waals surface area contributed by atoms with Crippen LogP contribution in [-0.4, -0.2) is 35.0 Å². The summed E-state index contributed by atoms with van der Waals surface area (Å²) in [7, 11) is 0. The van der Waals surface area contributed by atoms with Gasteiger partial charge in [-0.25, -0.2) is 4.98 Å². The monoisotopic (exact) mass is 306 g/mol. The Balaban J connectivity index is 2.20. The first-order valence-corrected chi connectivity index (χ1v) is 7.59. The number of carbonyl (C=O) groups is 1. The molecule has 3 N–H and O–H groups in total. The Kier molecular flexibility index (Phi) is 4.77. The van der Waals surface area contributed by atoms with Crippen LogP contribution in [0.4, 0.5) is 5.82 Å². The third-order valence-corrected chi connectivity index (χ3v) is 3.98. The van der Waals surface area contributed by atoms with Crippen LogP contribution in [0.2, 0.25) is 0 Å². The number of pyridine rings is 1. The van der Waals surface area contributed by atoms with Crippen LogP contribution in [0.3, 0.4) is 0 Å². The molecule has 0 radical (unpaired) electrons. The van der Waals surface area contributed by atoms with E-state index < -0.39 is 0 Å². The molecule has 21 heavy (non-hydrogen) atoms. The molecule has 2 rings (SSSR count). The van der Waals surface area contributed by atoms with Crippen LogP contribution < -0.4 is 16.0 Å². The second kappa shape index (κ2) is 6.39. The summed E-state index contributed by atoms with van der Waals surface area (Å²) in [5.74, 6) is 0.906. The van der Waals surface area contributed by atoms with E-state index in [1.165, 1.54) is 0 Å². The summed E-state index contributed by atoms with van der Waals surface area (Å²) in [5.41, 5.74) is 8.77. The van der Waals surface area contributed by atoms with Crippen molar-refractivity contribution in [2.45, 2.75) is 39.7 Å². The molecule has 0 aliphatic carbocycles. The van der Waals surface area contributed by atoms with Crippen molar-refractivity contribution < 1.29 is 4.79 Å². The number of nitrogens with one attached hydrogen (secondary N) is 1. The van der Waals surface area contributed by atoms with Gasteiger partial charge in [0.05, 0.1) is 5.56 Å². The lowest BCUT2D eigenvalue weighted by Crippen LogP contribution is -2.44. The van der Waals surface area contributed by atoms with Gasteiger partial charge in [0.25, 0.3) is 0 Å². The molecule has 0 atom stereocenters. The Morgan fingerprint density at radius 1 is 1.43 bits per heavy atom. The van der Waals surface area contributed by atoms with Crippen molar-refractivity contribution in [2.75, 3.05) is 18.0 Å². The predicted octanol–water partition coefficient (Wildman–Crippen LogP) is 1.44. The van der Waals surface area contributed by atoms with E-state index in [9.17, 15) is 4.79 Å². The summed E-state index contributed by atoms with van der Waals surface area (Å²) < 4.78 is 0. The summed E-state index contributed by atoms with van der Waals surface area (Å²) in [6, 6.07) is 2.25. The van der Waals surface area contributed by atoms with E-state index in [4.69, 9.17) is 18.0 Å². The first-order chi connectivity index (χ1) is 9.88. The fourth-order valence-electron chi connectivity index (χ4n) is 2.87. The van der Waals surface area contributed by atoms with Crippen LogP contribution in [-0.2, 0) is 4.79 Å². The molecule has 0 aromatic carbocycles. The predicted molar refractivity (Wildman–Crippen MR) is 88.7 cm³/mol. The van der Waals surface area contributed by atoms with Crippen LogP contribution in [0, 0.1) is 13.8 Å². The van der Waals surface area contributed by atoms with Crippen LogP contribution >= 0.6 is 12.2 Å². The molecule has 114 valence electrons. The van der Waals surface area contributed by atoms with Gasteiger partial charge in [0.15, 0.2) is 0 Å². The Bertz CT molecular complexity index is 565. The highest BCUT2D eigenvalue weighted by molar-refractivity contribution is 7.80. The van der Waals surface area contributed by atoms with Gasteiger partial charge in [0.1, 0.15) is 10.8 Å². The van der Waals surface area contributed by atoms with Crippen LogP contribution in [0.15, 0.2) is 6.07 Å². The number of rotatable bonds is 3. The fraction of sp³-hybridized carbons (Fsp3) is 0.533. The minimum absolute atomic E-state index is 0.0294. The van der Waals surface area contributed by atoms with Crippen LogP contribution in [0.1, 0.15) is 36.6 Å². The molecule has 0 spiro atoms. The van der Waals surface area contributed by atoms with Gasteiger partial charge in [0.2, 0.25) is 5.91 Å². The average Bonchev–Trinajstić information content (AvgIpc) is 2.37. The SMILES string of the molecule is CC(=O)NC1CCN(c2nc(C)cc(C)c2C(N)=S)CC1. The van der Waals surface area contributed by atoms with Gasteiger partial charge in [-0.2, -0.15) is 0 Å². The average molecular weight is 306 g/mol. The van der Waals surface area contributed by atoms with Gasteiger partial charge in [0, 0.05) is 31.7 Å². The van der Waals surface area contributed by atoms with Gasteiger partial charge in [-0.15, -0.1) is 0 Å². The molecule has 0 saturated carbocycles. The number of hydrogen-bond donors (Lipinski definition) is 2. The highest BCUT2D eigenvalue weighted by Gasteiger charge is 2.24. The molecule has 1 aromatic heterocycles. The summed E-state index contributed by atoms with van der Waals surface area (Å²) >= 11 is 5.18. The topological polar surface area (TPSA) is 71.2 Å². The van der Waals surface area contributed by atoms with Crippen molar-refractivity contribution in [3.63, 3.8) is 0 Å². The molecule has 2 heterocycles. The highest BCUT2D eigenvalue weighted by Crippen LogP contribution is 2.25. The molecule has 0 bridgehead atoms. The number of aryl methyl sites for hydroxylation is 2. The number of hydrogen-bond acceptors (Lipinski definition) is 4. The molecule has 1 aliphatic heterocycles. The van der Waals surface area contributed by atoms with E-state index in [1.54, 1.807) is 6.92 Å². The lowest BCUT2D eigenvalue weighted by molar-refractivity contribution is -0.119. The maximum atomic E-state index is 11.1. The van der Waals surface area contributed by atoms with Gasteiger partial charge < -0.3 is 16.0 Å². The molecule has 0 unspecified atom stereocenters. The van der Waals surface area contributed by atoms with E-state index in [1.807, 2.05) is 19.9 Å². The van der Waals surface area contributed by atoms with Crippen molar-refractivity contribution in [2.24, 2.45) is 5.73 Å². The third kappa shape index (κ3) is 3.69. The van der Waals surface area contributed by atoms with E-state index in [-0.39, 0.29) is 11.9 Å². The van der Waals surface area contributed by atoms with Crippen LogP contribution in [0.25, 0.3) is 0 Å². The number of nitrogens with zero attached hydrogens (tertiary/aromatic N) is 2. The normalized spacial score (nSPS) is 15.9. The van der Waals surface area contributed by atoms with Crippen molar-refractivity contribution in [1.29, 1.82) is 0 Å². The summed E-state index contributed by atoms with van der Waals surface area (Å²) in [6.45, 7) is 7.23. The molecule has 1 saturated heterocycles. The van der Waals surface area contributed by atoms with Gasteiger partial charge in [-0.1, -0.05) is 12.2 Å². The maximum Gasteiger partial charge on any atom is 0.217 e. The summed E-state index contributed by atoms with van der Waals surface area (Å²) in [6.07, 6.45) is 1.82. The van der Waals surface area contributed by atoms with E-state index in [0.29, 0.717) is 4.99 Å². The Labute approximate surface area is 130 Å². The number of piperidine rings is 1. The van der Waals surface area contributed by atoms with Crippen molar-refractivity contribution in [3.05, 3.63) is 22.9 Å². The zero-order valence-corrected chi connectivity index (χ0v) is 13.6. The lowest BCUT2D eigenvalue weighted by Gasteiger charge is -2.34. The third-order valence-electron chi connectivity index (χ3n) is 3.77. The molecular formula is C15H22N4OS. The van der Waals surface area contributed by atoms with Gasteiger partial charge in [-0.05, 0) is 38.3 Å². The Morgan fingerprint density at radius 2 is 2.05 bits per heavy atom. The molecule has 5 nitrogen and oxygen atoms in total. The second-order valence-corrected chi connectivity index (χ2v) is 6.05. The lowest BCUT2D eigenvalue weighted by atomic mass is 10.0. The Hall–Kier alpha value is -1.69. The number of aromatic nitrogens is 1. The zero-order valence-electron chi connectivity index (χ0n) is 12.8. The van der Waals surface area contributed by atoms with E-state index >= 15 is 0 Å². The van der Waals surface area contributed by atoms with Crippen molar-refractivity contribution in [1.82, 2.24) is 10.3 Å². The first kappa shape index (κ1) is 15.7. The maximum absolute atomic E-state index is 11.1. The standard InChI is InChI=1S/C15H22N4OS/c1-9-8-10(2)17-15(13(9)14(16)21)19-6-4-12(5-7-19)18-11(3)20/h8,12H,4-7H2,1-3H3,(H2,16,21)(H,18,20). The van der Waals surface area contributed by atoms with E-state index in [2.05, 4.69) is 15.2 Å². The number of anilines is 1. The van der Waals surface area contributed by atoms with Crippen molar-refractivity contribution >= 4 is 28.9 Å². The molecule has 1 amide bonds. The molecule has 1 aromatic rings. The van der Waals surface area contributed by atoms with E-state index in [0.717, 1.165) is 48.6 Å². The zero-order chi connectivity index (χ0) is 15.6. The highest BCUT2D eigenvalue weighted by atomic mass is 32.1. The van der Waals surface area contributed by atoms with Gasteiger partial charge in [-0.3, -0.25) is 4.79 Å². The number of carbonyl (C=O) groups excluding carboxylic acids is 1. The summed E-state index contributed by atoms with van der Waals surface area (Å²) in [5, 5.41) is 2.98. The second-order valence-electron chi connectivity index (χ2n) is 5.61. The number of amides is 1. The molecule has 1 fully saturated rings. The van der Waals surface area contributed by atoms with Crippen LogP contribution in [0.5, 0.6) is 0 Å². The molecule has 6 heteroatoms. The fourth-order valence-corrected chi connectivity index (χ4v) is 3.13. The van der Waals surface area contributed by atoms with Crippen molar-refractivity contribution in [3.8, 4) is 0 Å². The quantitative estimate of drug-likeness (QED) is 0.827. The first-order valence-electron chi connectivity index (χ1n) is 7.18. The number of thiocarbonyl (C=S) groups is 1. The minimum atomic E-state index is 0.0294. The smallest absolute Gasteiger partial charge is 0.217 e. The Morgan fingerprint density at radius 3 is 2.57 bits per heavy atom.